The number of hydrogen-bond acceptors (Lipinski definition) is 1. The summed E-state index contributed by atoms with van der Waals surface area (Å²) >= 11 is 0. The van der Waals surface area contributed by atoms with Crippen LogP contribution in [0.25, 0.3) is 17.1 Å². The lowest BCUT2D eigenvalue weighted by molar-refractivity contribution is 0.777. The number of hydrogen-bond donors (Lipinski definition) is 0. The largest absolute Gasteiger partial charge is 0.325 e. The zero-order valence-corrected chi connectivity index (χ0v) is 11.2. The molecule has 0 amide bonds. The third-order valence-corrected chi connectivity index (χ3v) is 3.45. The summed E-state index contributed by atoms with van der Waals surface area (Å²) < 4.78 is 2.25. The molecule has 2 heteroatoms. The van der Waals surface area contributed by atoms with E-state index in [1.165, 1.54) is 11.1 Å². The highest BCUT2D eigenvalue weighted by Gasteiger charge is 2.05. The van der Waals surface area contributed by atoms with E-state index >= 15 is 0 Å². The molecule has 19 heavy (non-hydrogen) atoms. The number of aryl methyl sites for hydroxylation is 1. The summed E-state index contributed by atoms with van der Waals surface area (Å²) in [4.78, 5) is 4.69. The lowest BCUT2D eigenvalue weighted by Crippen LogP contribution is -1.96. The number of rotatable bonds is 3. The molecule has 1 aromatic carbocycles. The zero-order chi connectivity index (χ0) is 13.1. The number of aromatic nitrogens is 2. The average Bonchev–Trinajstić information content (AvgIpc) is 2.83. The van der Waals surface area contributed by atoms with Crippen LogP contribution >= 0.6 is 0 Å². The van der Waals surface area contributed by atoms with Crippen LogP contribution in [0.15, 0.2) is 54.1 Å². The second-order valence-corrected chi connectivity index (χ2v) is 4.72. The van der Waals surface area contributed by atoms with Crippen LogP contribution in [-0.4, -0.2) is 9.55 Å². The maximum atomic E-state index is 4.69. The van der Waals surface area contributed by atoms with Crippen LogP contribution in [0.2, 0.25) is 0 Å². The van der Waals surface area contributed by atoms with Gasteiger partial charge in [-0.3, -0.25) is 0 Å². The molecule has 1 aliphatic carbocycles. The molecule has 0 saturated heterocycles. The minimum Gasteiger partial charge on any atom is -0.325 e. The fourth-order valence-corrected chi connectivity index (χ4v) is 2.48. The van der Waals surface area contributed by atoms with E-state index < -0.39 is 0 Å². The Morgan fingerprint density at radius 3 is 2.89 bits per heavy atom. The Balaban J connectivity index is 1.98. The van der Waals surface area contributed by atoms with Crippen LogP contribution in [0.5, 0.6) is 0 Å². The van der Waals surface area contributed by atoms with Gasteiger partial charge in [-0.1, -0.05) is 36.4 Å². The molecule has 2 nitrogen and oxygen atoms in total. The number of para-hydroxylation sites is 2. The first kappa shape index (κ1) is 12.0. The molecule has 1 heterocycles. The molecular formula is C17H18N2. The van der Waals surface area contributed by atoms with Crippen LogP contribution in [0, 0.1) is 0 Å². The molecule has 1 aromatic heterocycles. The highest BCUT2D eigenvalue weighted by atomic mass is 15.1. The van der Waals surface area contributed by atoms with Crippen molar-refractivity contribution in [3.63, 3.8) is 0 Å². The van der Waals surface area contributed by atoms with Gasteiger partial charge in [0.1, 0.15) is 5.82 Å². The summed E-state index contributed by atoms with van der Waals surface area (Å²) in [7, 11) is 0. The highest BCUT2D eigenvalue weighted by molar-refractivity contribution is 5.78. The Morgan fingerprint density at radius 1 is 1.21 bits per heavy atom. The maximum Gasteiger partial charge on any atom is 0.133 e. The van der Waals surface area contributed by atoms with Crippen LogP contribution in [0.4, 0.5) is 0 Å². The fraction of sp³-hybridized carbons (Fsp3) is 0.235. The number of imidazole rings is 1. The minimum absolute atomic E-state index is 0.940. The van der Waals surface area contributed by atoms with Crippen LogP contribution in [-0.2, 0) is 6.54 Å². The van der Waals surface area contributed by atoms with Gasteiger partial charge < -0.3 is 4.57 Å². The van der Waals surface area contributed by atoms with E-state index in [9.17, 15) is 0 Å². The molecule has 0 atom stereocenters. The molecular weight excluding hydrogens is 232 g/mol. The van der Waals surface area contributed by atoms with Gasteiger partial charge in [0.05, 0.1) is 11.0 Å². The van der Waals surface area contributed by atoms with Gasteiger partial charge in [-0.15, -0.1) is 0 Å². The maximum absolute atomic E-state index is 4.69. The molecule has 0 bridgehead atoms. The molecule has 0 spiro atoms. The van der Waals surface area contributed by atoms with E-state index in [0.717, 1.165) is 30.7 Å². The molecule has 1 aliphatic rings. The molecule has 0 saturated carbocycles. The van der Waals surface area contributed by atoms with E-state index in [4.69, 9.17) is 4.98 Å². The molecule has 96 valence electrons. The first-order valence-corrected chi connectivity index (χ1v) is 6.88. The third-order valence-electron chi connectivity index (χ3n) is 3.45. The topological polar surface area (TPSA) is 17.8 Å². The van der Waals surface area contributed by atoms with Gasteiger partial charge in [-0.2, -0.15) is 0 Å². The summed E-state index contributed by atoms with van der Waals surface area (Å²) in [5, 5.41) is 0. The van der Waals surface area contributed by atoms with Gasteiger partial charge in [0.15, 0.2) is 0 Å². The molecule has 0 aliphatic heterocycles. The van der Waals surface area contributed by atoms with E-state index in [-0.39, 0.29) is 0 Å². The summed E-state index contributed by atoms with van der Waals surface area (Å²) in [5.74, 6) is 1.03. The van der Waals surface area contributed by atoms with Crippen molar-refractivity contribution in [2.75, 3.05) is 0 Å². The quantitative estimate of drug-likeness (QED) is 0.792. The number of fused-ring (bicyclic) bond motifs is 1. The van der Waals surface area contributed by atoms with Crippen LogP contribution in [0.1, 0.15) is 25.6 Å². The van der Waals surface area contributed by atoms with E-state index in [1.807, 2.05) is 6.07 Å². The number of benzene rings is 1. The van der Waals surface area contributed by atoms with E-state index in [2.05, 4.69) is 60.1 Å². The van der Waals surface area contributed by atoms with E-state index in [1.54, 1.807) is 0 Å². The SMILES string of the molecule is CCn1c(/C=C/C2=CCCC=C2)nc2ccccc21. The summed E-state index contributed by atoms with van der Waals surface area (Å²) in [6.45, 7) is 3.10. The fourth-order valence-electron chi connectivity index (χ4n) is 2.48. The predicted molar refractivity (Wildman–Crippen MR) is 80.9 cm³/mol. The van der Waals surface area contributed by atoms with Gasteiger partial charge in [-0.25, -0.2) is 4.98 Å². The Bertz CT molecular complexity index is 672. The van der Waals surface area contributed by atoms with Gasteiger partial charge >= 0.3 is 0 Å². The third kappa shape index (κ3) is 2.39. The second kappa shape index (κ2) is 5.27. The van der Waals surface area contributed by atoms with Crippen molar-refractivity contribution in [2.24, 2.45) is 0 Å². The molecule has 2 aromatic rings. The molecule has 0 N–H and O–H groups in total. The minimum atomic E-state index is 0.940. The van der Waals surface area contributed by atoms with Gasteiger partial charge in [0, 0.05) is 6.54 Å². The van der Waals surface area contributed by atoms with Gasteiger partial charge in [0.2, 0.25) is 0 Å². The first-order valence-electron chi connectivity index (χ1n) is 6.88. The van der Waals surface area contributed by atoms with Crippen molar-refractivity contribution >= 4 is 17.1 Å². The van der Waals surface area contributed by atoms with Crippen molar-refractivity contribution in [2.45, 2.75) is 26.3 Å². The second-order valence-electron chi connectivity index (χ2n) is 4.72. The van der Waals surface area contributed by atoms with Crippen molar-refractivity contribution in [3.8, 4) is 0 Å². The summed E-state index contributed by atoms with van der Waals surface area (Å²) in [6, 6.07) is 8.30. The van der Waals surface area contributed by atoms with Crippen LogP contribution < -0.4 is 0 Å². The van der Waals surface area contributed by atoms with Gasteiger partial charge in [0.25, 0.3) is 0 Å². The lowest BCUT2D eigenvalue weighted by atomic mass is 10.1. The Kier molecular flexibility index (Phi) is 3.32. The molecule has 0 radical (unpaired) electrons. The average molecular weight is 250 g/mol. The highest BCUT2D eigenvalue weighted by Crippen LogP contribution is 2.18. The van der Waals surface area contributed by atoms with E-state index in [0.29, 0.717) is 0 Å². The Morgan fingerprint density at radius 2 is 2.11 bits per heavy atom. The van der Waals surface area contributed by atoms with Crippen molar-refractivity contribution in [3.05, 3.63) is 60.0 Å². The standard InChI is InChI=1S/C17H18N2/c1-2-19-16-11-7-6-10-15(16)18-17(19)13-12-14-8-4-3-5-9-14/h4,6-13H,2-3,5H2,1H3/b13-12+. The van der Waals surface area contributed by atoms with Gasteiger partial charge in [-0.05, 0) is 43.5 Å². The molecule has 0 fully saturated rings. The summed E-state index contributed by atoms with van der Waals surface area (Å²) in [5.41, 5.74) is 3.55. The smallest absolute Gasteiger partial charge is 0.133 e. The summed E-state index contributed by atoms with van der Waals surface area (Å²) in [6.07, 6.45) is 13.2. The van der Waals surface area contributed by atoms with Crippen LogP contribution in [0.3, 0.4) is 0 Å². The predicted octanol–water partition coefficient (Wildman–Crippen LogP) is 4.35. The monoisotopic (exact) mass is 250 g/mol. The Labute approximate surface area is 113 Å². The number of allylic oxidation sites excluding steroid dienone is 5. The normalized spacial score (nSPS) is 15.3. The first-order chi connectivity index (χ1) is 9.38. The van der Waals surface area contributed by atoms with Crippen molar-refractivity contribution in [1.82, 2.24) is 9.55 Å². The number of nitrogens with zero attached hydrogens (tertiary/aromatic N) is 2. The molecule has 3 rings (SSSR count). The molecule has 0 unspecified atom stereocenters. The Hall–Kier alpha value is -2.09. The lowest BCUT2D eigenvalue weighted by Gasteiger charge is -2.03. The van der Waals surface area contributed by atoms with Crippen molar-refractivity contribution < 1.29 is 0 Å². The zero-order valence-electron chi connectivity index (χ0n) is 11.2. The van der Waals surface area contributed by atoms with Crippen molar-refractivity contribution in [1.29, 1.82) is 0 Å².